The SMILES string of the molecule is CC(=O)/C(=C/c1ccccc1)COc1ccccc1. The van der Waals surface area contributed by atoms with Gasteiger partial charge in [-0.1, -0.05) is 48.5 Å². The summed E-state index contributed by atoms with van der Waals surface area (Å²) in [5.41, 5.74) is 1.67. The van der Waals surface area contributed by atoms with Crippen LogP contribution in [0.4, 0.5) is 0 Å². The van der Waals surface area contributed by atoms with Crippen molar-refractivity contribution in [1.82, 2.24) is 0 Å². The molecule has 0 saturated carbocycles. The first-order valence-corrected chi connectivity index (χ1v) is 6.20. The Hall–Kier alpha value is -2.35. The van der Waals surface area contributed by atoms with E-state index in [4.69, 9.17) is 4.74 Å². The lowest BCUT2D eigenvalue weighted by Crippen LogP contribution is -2.08. The van der Waals surface area contributed by atoms with Crippen molar-refractivity contribution in [2.75, 3.05) is 6.61 Å². The van der Waals surface area contributed by atoms with Gasteiger partial charge in [-0.2, -0.15) is 0 Å². The quantitative estimate of drug-likeness (QED) is 0.758. The van der Waals surface area contributed by atoms with Crippen LogP contribution < -0.4 is 4.74 Å². The minimum Gasteiger partial charge on any atom is -0.489 e. The second-order valence-corrected chi connectivity index (χ2v) is 4.24. The molecule has 0 heterocycles. The molecule has 19 heavy (non-hydrogen) atoms. The van der Waals surface area contributed by atoms with Crippen molar-refractivity contribution in [2.45, 2.75) is 6.92 Å². The zero-order chi connectivity index (χ0) is 13.5. The van der Waals surface area contributed by atoms with Crippen molar-refractivity contribution >= 4 is 11.9 Å². The summed E-state index contributed by atoms with van der Waals surface area (Å²) < 4.78 is 5.61. The van der Waals surface area contributed by atoms with Gasteiger partial charge in [-0.25, -0.2) is 0 Å². The molecule has 2 aromatic rings. The van der Waals surface area contributed by atoms with Gasteiger partial charge in [0.1, 0.15) is 12.4 Å². The van der Waals surface area contributed by atoms with E-state index >= 15 is 0 Å². The van der Waals surface area contributed by atoms with Crippen molar-refractivity contribution in [3.63, 3.8) is 0 Å². The third kappa shape index (κ3) is 4.11. The van der Waals surface area contributed by atoms with Crippen LogP contribution in [0.5, 0.6) is 5.75 Å². The predicted molar refractivity (Wildman–Crippen MR) is 77.0 cm³/mol. The van der Waals surface area contributed by atoms with Crippen LogP contribution in [0.2, 0.25) is 0 Å². The molecule has 0 spiro atoms. The van der Waals surface area contributed by atoms with Crippen LogP contribution >= 0.6 is 0 Å². The smallest absolute Gasteiger partial charge is 0.159 e. The van der Waals surface area contributed by atoms with Gasteiger partial charge in [0.25, 0.3) is 0 Å². The van der Waals surface area contributed by atoms with Crippen LogP contribution in [-0.2, 0) is 4.79 Å². The first kappa shape index (κ1) is 13.1. The maximum Gasteiger partial charge on any atom is 0.159 e. The number of rotatable bonds is 5. The van der Waals surface area contributed by atoms with Crippen LogP contribution in [0.25, 0.3) is 6.08 Å². The number of carbonyl (C=O) groups is 1. The van der Waals surface area contributed by atoms with Gasteiger partial charge in [0, 0.05) is 5.57 Å². The average molecular weight is 252 g/mol. The molecule has 2 nitrogen and oxygen atoms in total. The van der Waals surface area contributed by atoms with Crippen LogP contribution in [0.15, 0.2) is 66.2 Å². The lowest BCUT2D eigenvalue weighted by Gasteiger charge is -2.07. The number of Topliss-reactive ketones (excluding diaryl/α,β-unsaturated/α-hetero) is 1. The molecule has 0 saturated heterocycles. The van der Waals surface area contributed by atoms with E-state index in [-0.39, 0.29) is 12.4 Å². The van der Waals surface area contributed by atoms with Gasteiger partial charge >= 0.3 is 0 Å². The number of hydrogen-bond acceptors (Lipinski definition) is 2. The Bertz CT molecular complexity index is 556. The highest BCUT2D eigenvalue weighted by Gasteiger charge is 2.05. The average Bonchev–Trinajstić information content (AvgIpc) is 2.45. The first-order chi connectivity index (χ1) is 9.25. The molecule has 0 radical (unpaired) electrons. The molecule has 0 N–H and O–H groups in total. The molecule has 96 valence electrons. The van der Waals surface area contributed by atoms with E-state index in [1.165, 1.54) is 0 Å². The van der Waals surface area contributed by atoms with Crippen molar-refractivity contribution in [1.29, 1.82) is 0 Å². The Morgan fingerprint density at radius 1 is 1.00 bits per heavy atom. The Labute approximate surface area is 113 Å². The van der Waals surface area contributed by atoms with E-state index in [2.05, 4.69) is 0 Å². The maximum atomic E-state index is 11.6. The normalized spacial score (nSPS) is 11.1. The molecule has 0 amide bonds. The topological polar surface area (TPSA) is 26.3 Å². The molecular weight excluding hydrogens is 236 g/mol. The van der Waals surface area contributed by atoms with Crippen LogP contribution in [0, 0.1) is 0 Å². The lowest BCUT2D eigenvalue weighted by molar-refractivity contribution is -0.113. The van der Waals surface area contributed by atoms with E-state index < -0.39 is 0 Å². The molecule has 2 heteroatoms. The summed E-state index contributed by atoms with van der Waals surface area (Å²) in [5, 5.41) is 0. The molecular formula is C17H16O2. The monoisotopic (exact) mass is 252 g/mol. The van der Waals surface area contributed by atoms with Crippen LogP contribution in [0.3, 0.4) is 0 Å². The third-order valence-corrected chi connectivity index (χ3v) is 2.73. The second-order valence-electron chi connectivity index (χ2n) is 4.24. The Morgan fingerprint density at radius 2 is 1.58 bits per heavy atom. The van der Waals surface area contributed by atoms with Gasteiger partial charge in [0.05, 0.1) is 0 Å². The van der Waals surface area contributed by atoms with Crippen molar-refractivity contribution < 1.29 is 9.53 Å². The first-order valence-electron chi connectivity index (χ1n) is 6.20. The molecule has 0 aliphatic rings. The fourth-order valence-corrected chi connectivity index (χ4v) is 1.67. The van der Waals surface area contributed by atoms with Crippen molar-refractivity contribution in [3.05, 3.63) is 71.8 Å². The summed E-state index contributed by atoms with van der Waals surface area (Å²) in [6.07, 6.45) is 1.87. The van der Waals surface area contributed by atoms with E-state index in [0.717, 1.165) is 11.3 Å². The van der Waals surface area contributed by atoms with Gasteiger partial charge in [0.15, 0.2) is 5.78 Å². The zero-order valence-electron chi connectivity index (χ0n) is 10.9. The zero-order valence-corrected chi connectivity index (χ0v) is 10.9. The molecule has 0 aromatic heterocycles. The maximum absolute atomic E-state index is 11.6. The number of hydrogen-bond donors (Lipinski definition) is 0. The number of carbonyl (C=O) groups excluding carboxylic acids is 1. The lowest BCUT2D eigenvalue weighted by atomic mass is 10.1. The summed E-state index contributed by atoms with van der Waals surface area (Å²) in [6, 6.07) is 19.3. The standard InChI is InChI=1S/C17H16O2/c1-14(18)16(12-15-8-4-2-5-9-15)13-19-17-10-6-3-7-11-17/h2-12H,13H2,1H3/b16-12+. The molecule has 2 aromatic carbocycles. The minimum atomic E-state index is 0.0276. The van der Waals surface area contributed by atoms with Gasteiger partial charge in [0.2, 0.25) is 0 Å². The molecule has 0 bridgehead atoms. The number of ether oxygens (including phenoxy) is 1. The van der Waals surface area contributed by atoms with Crippen molar-refractivity contribution in [2.24, 2.45) is 0 Å². The fraction of sp³-hybridized carbons (Fsp3) is 0.118. The highest BCUT2D eigenvalue weighted by atomic mass is 16.5. The Morgan fingerprint density at radius 3 is 2.16 bits per heavy atom. The molecule has 0 fully saturated rings. The van der Waals surface area contributed by atoms with Crippen LogP contribution in [0.1, 0.15) is 12.5 Å². The highest BCUT2D eigenvalue weighted by Crippen LogP contribution is 2.12. The molecule has 2 rings (SSSR count). The predicted octanol–water partition coefficient (Wildman–Crippen LogP) is 3.74. The largest absolute Gasteiger partial charge is 0.489 e. The highest BCUT2D eigenvalue weighted by molar-refractivity contribution is 5.98. The van der Waals surface area contributed by atoms with Gasteiger partial charge < -0.3 is 4.74 Å². The fourth-order valence-electron chi connectivity index (χ4n) is 1.67. The summed E-state index contributed by atoms with van der Waals surface area (Å²) in [7, 11) is 0. The van der Waals surface area contributed by atoms with E-state index in [1.807, 2.05) is 66.7 Å². The third-order valence-electron chi connectivity index (χ3n) is 2.73. The van der Waals surface area contributed by atoms with E-state index in [1.54, 1.807) is 6.92 Å². The molecule has 0 aliphatic carbocycles. The van der Waals surface area contributed by atoms with Crippen LogP contribution in [-0.4, -0.2) is 12.4 Å². The summed E-state index contributed by atoms with van der Waals surface area (Å²) >= 11 is 0. The summed E-state index contributed by atoms with van der Waals surface area (Å²) in [4.78, 5) is 11.6. The second kappa shape index (κ2) is 6.55. The number of benzene rings is 2. The van der Waals surface area contributed by atoms with Crippen molar-refractivity contribution in [3.8, 4) is 5.75 Å². The number of ketones is 1. The van der Waals surface area contributed by atoms with Gasteiger partial charge in [-0.05, 0) is 30.7 Å². The molecule has 0 atom stereocenters. The minimum absolute atomic E-state index is 0.0276. The molecule has 0 unspecified atom stereocenters. The van der Waals surface area contributed by atoms with Gasteiger partial charge in [-0.3, -0.25) is 4.79 Å². The van der Waals surface area contributed by atoms with E-state index in [9.17, 15) is 4.79 Å². The molecule has 0 aliphatic heterocycles. The number of para-hydroxylation sites is 1. The Kier molecular flexibility index (Phi) is 4.51. The van der Waals surface area contributed by atoms with E-state index in [0.29, 0.717) is 5.57 Å². The summed E-state index contributed by atoms with van der Waals surface area (Å²) in [5.74, 6) is 0.794. The van der Waals surface area contributed by atoms with Gasteiger partial charge in [-0.15, -0.1) is 0 Å². The Balaban J connectivity index is 2.09. The summed E-state index contributed by atoms with van der Waals surface area (Å²) in [6.45, 7) is 1.84.